The first-order chi connectivity index (χ1) is 10.5. The molecule has 3 N–H and O–H groups in total. The molecule has 6 nitrogen and oxygen atoms in total. The lowest BCUT2D eigenvalue weighted by Gasteiger charge is -2.31. The number of carboxylic acids is 1. The highest BCUT2D eigenvalue weighted by atomic mass is 19.1. The highest BCUT2D eigenvalue weighted by Gasteiger charge is 2.20. The van der Waals surface area contributed by atoms with Gasteiger partial charge in [-0.2, -0.15) is 0 Å². The van der Waals surface area contributed by atoms with E-state index in [0.29, 0.717) is 12.2 Å². The fourth-order valence-corrected chi connectivity index (χ4v) is 2.44. The number of rotatable bonds is 5. The van der Waals surface area contributed by atoms with Gasteiger partial charge < -0.3 is 20.6 Å². The molecule has 2 rings (SSSR count). The Labute approximate surface area is 128 Å². The number of piperidine rings is 1. The number of carbonyl (C=O) groups is 2. The van der Waals surface area contributed by atoms with Crippen LogP contribution in [0.4, 0.5) is 14.9 Å². The zero-order valence-electron chi connectivity index (χ0n) is 12.2. The second-order valence-electron chi connectivity index (χ2n) is 5.37. The summed E-state index contributed by atoms with van der Waals surface area (Å²) < 4.78 is 12.8. The standard InChI is InChI=1S/C15H20FN3O3/c16-11-1-3-12(4-2-11)17-15(22)18-13-5-8-19(9-6-13)10-7-14(20)21/h1-4,13H,5-10H2,(H,20,21)(H2,17,18,22). The number of amides is 2. The number of anilines is 1. The van der Waals surface area contributed by atoms with Crippen molar-refractivity contribution in [3.63, 3.8) is 0 Å². The van der Waals surface area contributed by atoms with Crippen LogP contribution in [-0.2, 0) is 4.79 Å². The molecule has 1 aromatic rings. The number of nitrogens with one attached hydrogen (secondary N) is 2. The van der Waals surface area contributed by atoms with Crippen molar-refractivity contribution in [3.8, 4) is 0 Å². The SMILES string of the molecule is O=C(O)CCN1CCC(NC(=O)Nc2ccc(F)cc2)CC1. The number of urea groups is 1. The number of halogens is 1. The molecule has 7 heteroatoms. The topological polar surface area (TPSA) is 81.7 Å². The Morgan fingerprint density at radius 1 is 1.23 bits per heavy atom. The lowest BCUT2D eigenvalue weighted by molar-refractivity contribution is -0.137. The van der Waals surface area contributed by atoms with Crippen molar-refractivity contribution in [2.75, 3.05) is 25.0 Å². The molecule has 2 amide bonds. The minimum absolute atomic E-state index is 0.0709. The second kappa shape index (κ2) is 7.74. The Morgan fingerprint density at radius 2 is 1.86 bits per heavy atom. The van der Waals surface area contributed by atoms with Gasteiger partial charge in [0.2, 0.25) is 0 Å². The van der Waals surface area contributed by atoms with Gasteiger partial charge in [0, 0.05) is 31.4 Å². The van der Waals surface area contributed by atoms with Gasteiger partial charge in [-0.05, 0) is 37.1 Å². The maximum Gasteiger partial charge on any atom is 0.319 e. The van der Waals surface area contributed by atoms with Crippen molar-refractivity contribution in [2.45, 2.75) is 25.3 Å². The highest BCUT2D eigenvalue weighted by molar-refractivity contribution is 5.89. The van der Waals surface area contributed by atoms with Crippen molar-refractivity contribution in [1.82, 2.24) is 10.2 Å². The molecular formula is C15H20FN3O3. The molecule has 0 aromatic heterocycles. The molecule has 22 heavy (non-hydrogen) atoms. The number of carbonyl (C=O) groups excluding carboxylic acids is 1. The summed E-state index contributed by atoms with van der Waals surface area (Å²) in [4.78, 5) is 24.5. The largest absolute Gasteiger partial charge is 0.481 e. The van der Waals surface area contributed by atoms with Crippen molar-refractivity contribution >= 4 is 17.7 Å². The zero-order chi connectivity index (χ0) is 15.9. The van der Waals surface area contributed by atoms with E-state index in [1.54, 1.807) is 0 Å². The maximum absolute atomic E-state index is 12.8. The van der Waals surface area contributed by atoms with Crippen LogP contribution in [0.5, 0.6) is 0 Å². The molecule has 0 radical (unpaired) electrons. The van der Waals surface area contributed by atoms with Gasteiger partial charge in [-0.3, -0.25) is 4.79 Å². The van der Waals surface area contributed by atoms with Crippen LogP contribution in [0.1, 0.15) is 19.3 Å². The first kappa shape index (κ1) is 16.2. The summed E-state index contributed by atoms with van der Waals surface area (Å²) >= 11 is 0. The molecule has 1 aliphatic rings. The van der Waals surface area contributed by atoms with Crippen LogP contribution in [0.3, 0.4) is 0 Å². The summed E-state index contributed by atoms with van der Waals surface area (Å²) in [6.07, 6.45) is 1.72. The molecule has 0 bridgehead atoms. The van der Waals surface area contributed by atoms with Gasteiger partial charge in [0.1, 0.15) is 5.82 Å². The molecule has 1 aliphatic heterocycles. The molecule has 1 saturated heterocycles. The number of hydrogen-bond donors (Lipinski definition) is 3. The van der Waals surface area contributed by atoms with Gasteiger partial charge in [-0.25, -0.2) is 9.18 Å². The average molecular weight is 309 g/mol. The third kappa shape index (κ3) is 5.33. The Hall–Kier alpha value is -2.15. The molecule has 0 unspecified atom stereocenters. The summed E-state index contributed by atoms with van der Waals surface area (Å²) in [5, 5.41) is 14.2. The summed E-state index contributed by atoms with van der Waals surface area (Å²) in [7, 11) is 0. The normalized spacial score (nSPS) is 16.2. The average Bonchev–Trinajstić information content (AvgIpc) is 2.49. The van der Waals surface area contributed by atoms with E-state index in [4.69, 9.17) is 5.11 Å². The van der Waals surface area contributed by atoms with E-state index < -0.39 is 5.97 Å². The van der Waals surface area contributed by atoms with Gasteiger partial charge in [0.25, 0.3) is 0 Å². The van der Waals surface area contributed by atoms with Crippen LogP contribution in [-0.4, -0.2) is 47.7 Å². The van der Waals surface area contributed by atoms with Crippen molar-refractivity contribution in [1.29, 1.82) is 0 Å². The predicted molar refractivity (Wildman–Crippen MR) is 80.3 cm³/mol. The molecular weight excluding hydrogens is 289 g/mol. The number of carboxylic acid groups (broad SMARTS) is 1. The zero-order valence-corrected chi connectivity index (χ0v) is 12.2. The fraction of sp³-hybridized carbons (Fsp3) is 0.467. The quantitative estimate of drug-likeness (QED) is 0.776. The number of nitrogens with zero attached hydrogens (tertiary/aromatic N) is 1. The Balaban J connectivity index is 1.70. The Bertz CT molecular complexity index is 513. The van der Waals surface area contributed by atoms with Crippen molar-refractivity contribution < 1.29 is 19.1 Å². The van der Waals surface area contributed by atoms with Gasteiger partial charge >= 0.3 is 12.0 Å². The number of aliphatic carboxylic acids is 1. The van der Waals surface area contributed by atoms with E-state index >= 15 is 0 Å². The molecule has 0 spiro atoms. The summed E-state index contributed by atoms with van der Waals surface area (Å²) in [6, 6.07) is 5.34. The van der Waals surface area contributed by atoms with Crippen LogP contribution >= 0.6 is 0 Å². The van der Waals surface area contributed by atoms with Crippen LogP contribution in [0, 0.1) is 5.82 Å². The molecule has 1 aromatic carbocycles. The van der Waals surface area contributed by atoms with Gasteiger partial charge in [0.05, 0.1) is 6.42 Å². The Morgan fingerprint density at radius 3 is 2.45 bits per heavy atom. The third-order valence-corrected chi connectivity index (χ3v) is 3.67. The van der Waals surface area contributed by atoms with E-state index in [-0.39, 0.29) is 24.3 Å². The first-order valence-corrected chi connectivity index (χ1v) is 7.30. The highest BCUT2D eigenvalue weighted by Crippen LogP contribution is 2.12. The van der Waals surface area contributed by atoms with Gasteiger partial charge in [-0.15, -0.1) is 0 Å². The fourth-order valence-electron chi connectivity index (χ4n) is 2.44. The predicted octanol–water partition coefficient (Wildman–Crippen LogP) is 1.89. The van der Waals surface area contributed by atoms with E-state index in [2.05, 4.69) is 15.5 Å². The first-order valence-electron chi connectivity index (χ1n) is 7.30. The second-order valence-corrected chi connectivity index (χ2v) is 5.37. The van der Waals surface area contributed by atoms with Crippen molar-refractivity contribution in [2.24, 2.45) is 0 Å². The number of hydrogen-bond acceptors (Lipinski definition) is 3. The molecule has 1 fully saturated rings. The minimum atomic E-state index is -0.793. The van der Waals surface area contributed by atoms with Crippen LogP contribution in [0.15, 0.2) is 24.3 Å². The van der Waals surface area contributed by atoms with E-state index in [9.17, 15) is 14.0 Å². The lowest BCUT2D eigenvalue weighted by Crippen LogP contribution is -2.46. The number of benzene rings is 1. The van der Waals surface area contributed by atoms with Crippen LogP contribution < -0.4 is 10.6 Å². The van der Waals surface area contributed by atoms with Crippen LogP contribution in [0.25, 0.3) is 0 Å². The summed E-state index contributed by atoms with van der Waals surface area (Å²) in [5.74, 6) is -1.14. The van der Waals surface area contributed by atoms with E-state index in [1.165, 1.54) is 24.3 Å². The lowest BCUT2D eigenvalue weighted by atomic mass is 10.1. The van der Waals surface area contributed by atoms with Gasteiger partial charge in [-0.1, -0.05) is 0 Å². The van der Waals surface area contributed by atoms with Crippen molar-refractivity contribution in [3.05, 3.63) is 30.1 Å². The maximum atomic E-state index is 12.8. The van der Waals surface area contributed by atoms with E-state index in [0.717, 1.165) is 25.9 Å². The molecule has 0 atom stereocenters. The molecule has 0 aliphatic carbocycles. The molecule has 120 valence electrons. The minimum Gasteiger partial charge on any atom is -0.481 e. The third-order valence-electron chi connectivity index (χ3n) is 3.67. The van der Waals surface area contributed by atoms with Crippen LogP contribution in [0.2, 0.25) is 0 Å². The van der Waals surface area contributed by atoms with E-state index in [1.807, 2.05) is 0 Å². The smallest absolute Gasteiger partial charge is 0.319 e. The van der Waals surface area contributed by atoms with Gasteiger partial charge in [0.15, 0.2) is 0 Å². The number of likely N-dealkylation sites (tertiary alicyclic amines) is 1. The Kier molecular flexibility index (Phi) is 5.71. The monoisotopic (exact) mass is 309 g/mol. The summed E-state index contributed by atoms with van der Waals surface area (Å²) in [5.41, 5.74) is 0.540. The summed E-state index contributed by atoms with van der Waals surface area (Å²) in [6.45, 7) is 2.09. The molecule has 1 heterocycles. The molecule has 0 saturated carbocycles.